The lowest BCUT2D eigenvalue weighted by molar-refractivity contribution is -0.141. The van der Waals surface area contributed by atoms with E-state index in [-0.39, 0.29) is 18.2 Å². The van der Waals surface area contributed by atoms with Gasteiger partial charge in [-0.05, 0) is 11.6 Å². The molecule has 0 aromatic heterocycles. The molecule has 1 rings (SSSR count). The van der Waals surface area contributed by atoms with E-state index in [1.165, 1.54) is 7.11 Å². The number of methoxy groups -OCH3 is 1. The molecule has 1 atom stereocenters. The van der Waals surface area contributed by atoms with E-state index in [0.717, 1.165) is 0 Å². The molecule has 1 amide bonds. The monoisotopic (exact) mass is 283 g/mol. The molecule has 0 saturated carbocycles. The summed E-state index contributed by atoms with van der Waals surface area (Å²) in [5, 5.41) is 3.33. The molecule has 1 aromatic carbocycles. The van der Waals surface area contributed by atoms with Crippen LogP contribution in [0.2, 0.25) is 5.02 Å². The summed E-state index contributed by atoms with van der Waals surface area (Å²) in [5.74, 6) is -0.689. The minimum Gasteiger partial charge on any atom is -0.469 e. The second-order valence-electron chi connectivity index (χ2n) is 4.52. The fourth-order valence-electron chi connectivity index (χ4n) is 1.58. The van der Waals surface area contributed by atoms with Crippen LogP contribution in [0.25, 0.3) is 0 Å². The first kappa shape index (κ1) is 15.5. The summed E-state index contributed by atoms with van der Waals surface area (Å²) < 4.78 is 4.65. The Kier molecular flexibility index (Phi) is 5.83. The molecule has 104 valence electrons. The molecular formula is C14H18ClNO3. The number of ether oxygens (including phenoxy) is 1. The average molecular weight is 284 g/mol. The van der Waals surface area contributed by atoms with E-state index in [2.05, 4.69) is 10.1 Å². The minimum absolute atomic E-state index is 0.0543. The number of esters is 1. The van der Waals surface area contributed by atoms with Crippen LogP contribution in [0.4, 0.5) is 0 Å². The van der Waals surface area contributed by atoms with E-state index in [0.29, 0.717) is 10.6 Å². The number of rotatable bonds is 5. The van der Waals surface area contributed by atoms with Gasteiger partial charge in [0, 0.05) is 10.9 Å². The van der Waals surface area contributed by atoms with Gasteiger partial charge in [-0.3, -0.25) is 9.59 Å². The summed E-state index contributed by atoms with van der Waals surface area (Å²) in [7, 11) is 1.32. The zero-order valence-electron chi connectivity index (χ0n) is 11.3. The number of carbonyl (C=O) groups excluding carboxylic acids is 2. The maximum atomic E-state index is 11.8. The highest BCUT2D eigenvalue weighted by molar-refractivity contribution is 6.31. The maximum absolute atomic E-state index is 11.8. The average Bonchev–Trinajstić information content (AvgIpc) is 2.38. The summed E-state index contributed by atoms with van der Waals surface area (Å²) in [6.45, 7) is 3.58. The molecule has 1 aromatic rings. The molecule has 0 fully saturated rings. The highest BCUT2D eigenvalue weighted by atomic mass is 35.5. The SMILES string of the molecule is COC(=O)C[C@H](NC(=O)C(C)C)c1ccccc1Cl. The van der Waals surface area contributed by atoms with Crippen LogP contribution in [-0.2, 0) is 14.3 Å². The second-order valence-corrected chi connectivity index (χ2v) is 4.92. The van der Waals surface area contributed by atoms with Gasteiger partial charge in [0.25, 0.3) is 0 Å². The molecule has 0 radical (unpaired) electrons. The van der Waals surface area contributed by atoms with Crippen LogP contribution in [0.15, 0.2) is 24.3 Å². The highest BCUT2D eigenvalue weighted by Gasteiger charge is 2.21. The van der Waals surface area contributed by atoms with E-state index in [1.807, 2.05) is 6.07 Å². The van der Waals surface area contributed by atoms with E-state index in [4.69, 9.17) is 11.6 Å². The largest absolute Gasteiger partial charge is 0.469 e. The van der Waals surface area contributed by atoms with Crippen LogP contribution in [0, 0.1) is 5.92 Å². The molecule has 0 aliphatic rings. The van der Waals surface area contributed by atoms with Crippen LogP contribution in [0.5, 0.6) is 0 Å². The molecule has 0 bridgehead atoms. The first-order valence-electron chi connectivity index (χ1n) is 6.07. The highest BCUT2D eigenvalue weighted by Crippen LogP contribution is 2.25. The van der Waals surface area contributed by atoms with Crippen molar-refractivity contribution in [1.82, 2.24) is 5.32 Å². The molecule has 0 aliphatic heterocycles. The van der Waals surface area contributed by atoms with E-state index in [1.54, 1.807) is 32.0 Å². The number of nitrogens with one attached hydrogen (secondary N) is 1. The molecule has 0 saturated heterocycles. The van der Waals surface area contributed by atoms with E-state index < -0.39 is 12.0 Å². The minimum atomic E-state index is -0.476. The van der Waals surface area contributed by atoms with Gasteiger partial charge in [0.1, 0.15) is 0 Å². The predicted octanol–water partition coefficient (Wildman–Crippen LogP) is 2.72. The zero-order chi connectivity index (χ0) is 14.4. The van der Waals surface area contributed by atoms with Gasteiger partial charge in [-0.2, -0.15) is 0 Å². The lowest BCUT2D eigenvalue weighted by atomic mass is 10.0. The molecule has 0 unspecified atom stereocenters. The van der Waals surface area contributed by atoms with Gasteiger partial charge in [0.15, 0.2) is 0 Å². The smallest absolute Gasteiger partial charge is 0.307 e. The van der Waals surface area contributed by atoms with Crippen molar-refractivity contribution in [3.63, 3.8) is 0 Å². The lowest BCUT2D eigenvalue weighted by Gasteiger charge is -2.20. The summed E-state index contributed by atoms with van der Waals surface area (Å²) in [6, 6.07) is 6.65. The van der Waals surface area contributed by atoms with Gasteiger partial charge in [-0.1, -0.05) is 43.6 Å². The van der Waals surface area contributed by atoms with Crippen molar-refractivity contribution in [2.45, 2.75) is 26.3 Å². The van der Waals surface area contributed by atoms with E-state index in [9.17, 15) is 9.59 Å². The fraction of sp³-hybridized carbons (Fsp3) is 0.429. The van der Waals surface area contributed by atoms with Gasteiger partial charge in [0.05, 0.1) is 19.6 Å². The van der Waals surface area contributed by atoms with Gasteiger partial charge < -0.3 is 10.1 Å². The second kappa shape index (κ2) is 7.14. The van der Waals surface area contributed by atoms with Crippen LogP contribution in [0.1, 0.15) is 31.9 Å². The van der Waals surface area contributed by atoms with Crippen molar-refractivity contribution in [3.05, 3.63) is 34.9 Å². The predicted molar refractivity (Wildman–Crippen MR) is 73.8 cm³/mol. The number of amides is 1. The van der Waals surface area contributed by atoms with Crippen LogP contribution in [0.3, 0.4) is 0 Å². The maximum Gasteiger partial charge on any atom is 0.307 e. The number of benzene rings is 1. The number of halogens is 1. The van der Waals surface area contributed by atoms with Gasteiger partial charge in [-0.15, -0.1) is 0 Å². The Hall–Kier alpha value is -1.55. The summed E-state index contributed by atoms with van der Waals surface area (Å²) in [4.78, 5) is 23.2. The Bertz CT molecular complexity index is 460. The van der Waals surface area contributed by atoms with Crippen LogP contribution >= 0.6 is 11.6 Å². The van der Waals surface area contributed by atoms with Crippen LogP contribution < -0.4 is 5.32 Å². The van der Waals surface area contributed by atoms with Crippen molar-refractivity contribution in [2.75, 3.05) is 7.11 Å². The van der Waals surface area contributed by atoms with Crippen molar-refractivity contribution in [2.24, 2.45) is 5.92 Å². The molecule has 19 heavy (non-hydrogen) atoms. The Morgan fingerprint density at radius 1 is 1.32 bits per heavy atom. The number of hydrogen-bond donors (Lipinski definition) is 1. The Morgan fingerprint density at radius 3 is 2.47 bits per heavy atom. The molecule has 5 heteroatoms. The summed E-state index contributed by atoms with van der Waals surface area (Å²) >= 11 is 6.11. The molecule has 0 heterocycles. The summed E-state index contributed by atoms with van der Waals surface area (Å²) in [5.41, 5.74) is 0.712. The zero-order valence-corrected chi connectivity index (χ0v) is 12.0. The fourth-order valence-corrected chi connectivity index (χ4v) is 1.85. The first-order valence-corrected chi connectivity index (χ1v) is 6.45. The Morgan fingerprint density at radius 2 is 1.95 bits per heavy atom. The standard InChI is InChI=1S/C14H18ClNO3/c1-9(2)14(18)16-12(8-13(17)19-3)10-6-4-5-7-11(10)15/h4-7,9,12H,8H2,1-3H3,(H,16,18)/t12-/m0/s1. The third-order valence-electron chi connectivity index (χ3n) is 2.72. The van der Waals surface area contributed by atoms with Gasteiger partial charge in [0.2, 0.25) is 5.91 Å². The molecule has 0 aliphatic carbocycles. The van der Waals surface area contributed by atoms with Crippen molar-refractivity contribution < 1.29 is 14.3 Å². The topological polar surface area (TPSA) is 55.4 Å². The van der Waals surface area contributed by atoms with Crippen molar-refractivity contribution >= 4 is 23.5 Å². The number of hydrogen-bond acceptors (Lipinski definition) is 3. The molecule has 0 spiro atoms. The third kappa shape index (κ3) is 4.56. The number of carbonyl (C=O) groups is 2. The van der Waals surface area contributed by atoms with Crippen molar-refractivity contribution in [3.8, 4) is 0 Å². The normalized spacial score (nSPS) is 12.1. The van der Waals surface area contributed by atoms with Gasteiger partial charge in [-0.25, -0.2) is 0 Å². The van der Waals surface area contributed by atoms with E-state index >= 15 is 0 Å². The summed E-state index contributed by atoms with van der Waals surface area (Å²) in [6.07, 6.45) is 0.0543. The van der Waals surface area contributed by atoms with Crippen molar-refractivity contribution in [1.29, 1.82) is 0 Å². The molecule has 4 nitrogen and oxygen atoms in total. The quantitative estimate of drug-likeness (QED) is 0.846. The van der Waals surface area contributed by atoms with Crippen LogP contribution in [-0.4, -0.2) is 19.0 Å². The molecule has 1 N–H and O–H groups in total. The van der Waals surface area contributed by atoms with Gasteiger partial charge >= 0.3 is 5.97 Å². The lowest BCUT2D eigenvalue weighted by Crippen LogP contribution is -2.33. The Balaban J connectivity index is 2.95. The Labute approximate surface area is 118 Å². The molecular weight excluding hydrogens is 266 g/mol. The first-order chi connectivity index (χ1) is 8.95. The third-order valence-corrected chi connectivity index (χ3v) is 3.06.